The molecule has 1 aromatic carbocycles. The first kappa shape index (κ1) is 8.30. The van der Waals surface area contributed by atoms with Crippen LogP contribution in [-0.4, -0.2) is 12.9 Å². The molecule has 1 aliphatic carbocycles. The SMILES string of the molecule is COc1ccccc1[C@H]1CCC1=O. The summed E-state index contributed by atoms with van der Waals surface area (Å²) in [5.41, 5.74) is 1.04. The van der Waals surface area contributed by atoms with Crippen molar-refractivity contribution < 1.29 is 9.53 Å². The minimum Gasteiger partial charge on any atom is -0.496 e. The fourth-order valence-corrected chi connectivity index (χ4v) is 1.69. The summed E-state index contributed by atoms with van der Waals surface area (Å²) in [4.78, 5) is 11.2. The van der Waals surface area contributed by atoms with E-state index in [2.05, 4.69) is 0 Å². The maximum absolute atomic E-state index is 11.2. The van der Waals surface area contributed by atoms with Gasteiger partial charge in [0, 0.05) is 17.9 Å². The van der Waals surface area contributed by atoms with E-state index in [1.54, 1.807) is 7.11 Å². The molecule has 0 bridgehead atoms. The summed E-state index contributed by atoms with van der Waals surface area (Å²) in [5, 5.41) is 0. The highest BCUT2D eigenvalue weighted by molar-refractivity contribution is 5.91. The summed E-state index contributed by atoms with van der Waals surface area (Å²) in [5.74, 6) is 1.26. The van der Waals surface area contributed by atoms with Crippen molar-refractivity contribution >= 4 is 5.78 Å². The molecule has 68 valence electrons. The molecule has 0 aliphatic heterocycles. The van der Waals surface area contributed by atoms with Gasteiger partial charge in [-0.05, 0) is 12.5 Å². The van der Waals surface area contributed by atoms with E-state index in [1.807, 2.05) is 24.3 Å². The van der Waals surface area contributed by atoms with E-state index in [0.717, 1.165) is 24.2 Å². The molecule has 1 fully saturated rings. The number of Topliss-reactive ketones (excluding diaryl/α,β-unsaturated/α-hetero) is 1. The molecule has 1 aromatic rings. The van der Waals surface area contributed by atoms with Crippen molar-refractivity contribution in [2.75, 3.05) is 7.11 Å². The highest BCUT2D eigenvalue weighted by Gasteiger charge is 2.31. The molecule has 0 amide bonds. The minimum atomic E-state index is 0.0937. The lowest BCUT2D eigenvalue weighted by Crippen LogP contribution is -2.23. The quantitative estimate of drug-likeness (QED) is 0.690. The number of benzene rings is 1. The molecule has 0 radical (unpaired) electrons. The fourth-order valence-electron chi connectivity index (χ4n) is 1.69. The fraction of sp³-hybridized carbons (Fsp3) is 0.364. The van der Waals surface area contributed by atoms with Crippen molar-refractivity contribution in [1.82, 2.24) is 0 Å². The van der Waals surface area contributed by atoms with Gasteiger partial charge in [0.1, 0.15) is 11.5 Å². The number of para-hydroxylation sites is 1. The van der Waals surface area contributed by atoms with Crippen molar-refractivity contribution in [3.05, 3.63) is 29.8 Å². The summed E-state index contributed by atoms with van der Waals surface area (Å²) < 4.78 is 5.20. The van der Waals surface area contributed by atoms with Gasteiger partial charge in [0.15, 0.2) is 0 Å². The smallest absolute Gasteiger partial charge is 0.140 e. The molecule has 0 aromatic heterocycles. The number of hydrogen-bond donors (Lipinski definition) is 0. The van der Waals surface area contributed by atoms with Crippen molar-refractivity contribution in [2.45, 2.75) is 18.8 Å². The summed E-state index contributed by atoms with van der Waals surface area (Å²) >= 11 is 0. The molecule has 0 saturated heterocycles. The molecule has 1 atom stereocenters. The normalized spacial score (nSPS) is 21.0. The third-order valence-electron chi connectivity index (χ3n) is 2.58. The Morgan fingerprint density at radius 1 is 1.38 bits per heavy atom. The van der Waals surface area contributed by atoms with Crippen LogP contribution in [0.3, 0.4) is 0 Å². The number of rotatable bonds is 2. The third-order valence-corrected chi connectivity index (χ3v) is 2.58. The van der Waals surface area contributed by atoms with Crippen LogP contribution in [-0.2, 0) is 4.79 Å². The summed E-state index contributed by atoms with van der Waals surface area (Å²) in [6, 6.07) is 7.75. The largest absolute Gasteiger partial charge is 0.496 e. The monoisotopic (exact) mass is 176 g/mol. The van der Waals surface area contributed by atoms with Crippen molar-refractivity contribution in [2.24, 2.45) is 0 Å². The second-order valence-corrected chi connectivity index (χ2v) is 3.30. The Morgan fingerprint density at radius 3 is 2.69 bits per heavy atom. The molecule has 0 unspecified atom stereocenters. The maximum atomic E-state index is 11.2. The van der Waals surface area contributed by atoms with Crippen LogP contribution in [0.1, 0.15) is 24.3 Å². The van der Waals surface area contributed by atoms with E-state index < -0.39 is 0 Å². The standard InChI is InChI=1S/C11H12O2/c1-13-11-5-3-2-4-9(11)8-6-7-10(8)12/h2-5,8H,6-7H2,1H3/t8-/m1/s1. The number of ether oxygens (including phenoxy) is 1. The van der Waals surface area contributed by atoms with Crippen LogP contribution in [0.2, 0.25) is 0 Å². The minimum absolute atomic E-state index is 0.0937. The van der Waals surface area contributed by atoms with Crippen molar-refractivity contribution in [3.63, 3.8) is 0 Å². The van der Waals surface area contributed by atoms with Gasteiger partial charge in [-0.25, -0.2) is 0 Å². The molecule has 2 rings (SSSR count). The lowest BCUT2D eigenvalue weighted by molar-refractivity contribution is -0.125. The first-order valence-electron chi connectivity index (χ1n) is 4.48. The van der Waals surface area contributed by atoms with Crippen LogP contribution >= 0.6 is 0 Å². The molecule has 13 heavy (non-hydrogen) atoms. The van der Waals surface area contributed by atoms with E-state index in [0.29, 0.717) is 5.78 Å². The second kappa shape index (κ2) is 3.21. The van der Waals surface area contributed by atoms with Gasteiger partial charge < -0.3 is 4.74 Å². The van der Waals surface area contributed by atoms with Gasteiger partial charge in [0.25, 0.3) is 0 Å². The molecular weight excluding hydrogens is 164 g/mol. The van der Waals surface area contributed by atoms with E-state index in [4.69, 9.17) is 4.74 Å². The van der Waals surface area contributed by atoms with Gasteiger partial charge in [-0.3, -0.25) is 4.79 Å². The van der Waals surface area contributed by atoms with Crippen LogP contribution in [0, 0.1) is 0 Å². The Kier molecular flexibility index (Phi) is 2.05. The Morgan fingerprint density at radius 2 is 2.15 bits per heavy atom. The van der Waals surface area contributed by atoms with Crippen molar-refractivity contribution in [3.8, 4) is 5.75 Å². The molecule has 1 aliphatic rings. The predicted molar refractivity (Wildman–Crippen MR) is 50.0 cm³/mol. The van der Waals surface area contributed by atoms with Crippen LogP contribution in [0.5, 0.6) is 5.75 Å². The molecule has 0 N–H and O–H groups in total. The van der Waals surface area contributed by atoms with Gasteiger partial charge in [0.2, 0.25) is 0 Å². The first-order chi connectivity index (χ1) is 6.33. The van der Waals surface area contributed by atoms with Crippen LogP contribution in [0.15, 0.2) is 24.3 Å². The van der Waals surface area contributed by atoms with Gasteiger partial charge in [-0.1, -0.05) is 18.2 Å². The van der Waals surface area contributed by atoms with E-state index in [9.17, 15) is 4.79 Å². The van der Waals surface area contributed by atoms with Gasteiger partial charge in [0.05, 0.1) is 7.11 Å². The predicted octanol–water partition coefficient (Wildman–Crippen LogP) is 2.14. The number of ketones is 1. The third kappa shape index (κ3) is 1.32. The van der Waals surface area contributed by atoms with E-state index >= 15 is 0 Å². The van der Waals surface area contributed by atoms with E-state index in [1.165, 1.54) is 0 Å². The first-order valence-corrected chi connectivity index (χ1v) is 4.48. The zero-order valence-electron chi connectivity index (χ0n) is 7.62. The molecular formula is C11H12O2. The van der Waals surface area contributed by atoms with Crippen LogP contribution in [0.4, 0.5) is 0 Å². The topological polar surface area (TPSA) is 26.3 Å². The average molecular weight is 176 g/mol. The zero-order valence-corrected chi connectivity index (χ0v) is 7.62. The number of hydrogen-bond acceptors (Lipinski definition) is 2. The Hall–Kier alpha value is -1.31. The lowest BCUT2D eigenvalue weighted by Gasteiger charge is -2.25. The average Bonchev–Trinajstić information content (AvgIpc) is 2.16. The van der Waals surface area contributed by atoms with Gasteiger partial charge in [-0.15, -0.1) is 0 Å². The molecule has 2 heteroatoms. The Labute approximate surface area is 77.5 Å². The summed E-state index contributed by atoms with van der Waals surface area (Å²) in [6.07, 6.45) is 1.70. The molecule has 1 saturated carbocycles. The Bertz CT molecular complexity index is 331. The number of carbonyl (C=O) groups is 1. The molecule has 2 nitrogen and oxygen atoms in total. The highest BCUT2D eigenvalue weighted by Crippen LogP contribution is 2.37. The number of methoxy groups -OCH3 is 1. The van der Waals surface area contributed by atoms with Crippen molar-refractivity contribution in [1.29, 1.82) is 0 Å². The van der Waals surface area contributed by atoms with Gasteiger partial charge >= 0.3 is 0 Å². The van der Waals surface area contributed by atoms with Crippen LogP contribution in [0.25, 0.3) is 0 Å². The zero-order chi connectivity index (χ0) is 9.26. The number of carbonyl (C=O) groups excluding carboxylic acids is 1. The van der Waals surface area contributed by atoms with Crippen LogP contribution < -0.4 is 4.74 Å². The lowest BCUT2D eigenvalue weighted by atomic mass is 9.78. The molecule has 0 heterocycles. The highest BCUT2D eigenvalue weighted by atomic mass is 16.5. The summed E-state index contributed by atoms with van der Waals surface area (Å²) in [7, 11) is 1.64. The Balaban J connectivity index is 2.33. The maximum Gasteiger partial charge on any atom is 0.140 e. The molecule has 0 spiro atoms. The second-order valence-electron chi connectivity index (χ2n) is 3.30. The van der Waals surface area contributed by atoms with Gasteiger partial charge in [-0.2, -0.15) is 0 Å². The summed E-state index contributed by atoms with van der Waals surface area (Å²) in [6.45, 7) is 0. The van der Waals surface area contributed by atoms with E-state index in [-0.39, 0.29) is 5.92 Å².